The lowest BCUT2D eigenvalue weighted by Gasteiger charge is -2.24. The Morgan fingerprint density at radius 2 is 1.77 bits per heavy atom. The highest BCUT2D eigenvalue weighted by Gasteiger charge is 2.44. The number of nitrogens with one attached hydrogen (secondary N) is 1. The van der Waals surface area contributed by atoms with Crippen molar-refractivity contribution in [2.75, 3.05) is 14.1 Å². The fourth-order valence-electron chi connectivity index (χ4n) is 1.55. The van der Waals surface area contributed by atoms with Gasteiger partial charge in [0.15, 0.2) is 12.0 Å². The summed E-state index contributed by atoms with van der Waals surface area (Å²) < 4.78 is 57.5. The lowest BCUT2D eigenvalue weighted by Crippen LogP contribution is -2.41. The zero-order valence-corrected chi connectivity index (χ0v) is 12.3. The standard InChI is InChI=1S/C9H12N4O.CHF3O3S/c1-12-5-6-13(2)9(12)7(14)8-10-3-4-11-8;2-1(3,4)8(5,6)7/h3-6,9H,1-2H3,(H,10,11);(H,5,6,7). The first-order chi connectivity index (χ1) is 9.95. The van der Waals surface area contributed by atoms with Crippen LogP contribution in [0.25, 0.3) is 0 Å². The molecule has 1 aliphatic heterocycles. The van der Waals surface area contributed by atoms with Crippen LogP contribution in [0.1, 0.15) is 10.6 Å². The monoisotopic (exact) mass is 342 g/mol. The largest absolute Gasteiger partial charge is 0.522 e. The molecule has 1 aromatic rings. The summed E-state index contributed by atoms with van der Waals surface area (Å²) in [5, 5.41) is 0. The minimum atomic E-state index is -5.84. The van der Waals surface area contributed by atoms with Crippen molar-refractivity contribution in [2.24, 2.45) is 0 Å². The van der Waals surface area contributed by atoms with Crippen molar-refractivity contribution in [2.45, 2.75) is 11.7 Å². The van der Waals surface area contributed by atoms with Gasteiger partial charge in [0.1, 0.15) is 0 Å². The Labute approximate surface area is 124 Å². The Bertz CT molecular complexity index is 630. The molecule has 0 radical (unpaired) electrons. The third-order valence-corrected chi connectivity index (χ3v) is 3.15. The summed E-state index contributed by atoms with van der Waals surface area (Å²) in [5.74, 6) is 0.377. The Hall–Kier alpha value is -2.08. The van der Waals surface area contributed by atoms with Crippen LogP contribution in [0.3, 0.4) is 0 Å². The Balaban J connectivity index is 0.000000261. The average Bonchev–Trinajstić information content (AvgIpc) is 2.97. The number of aromatic amines is 1. The van der Waals surface area contributed by atoms with Crippen molar-refractivity contribution < 1.29 is 30.9 Å². The second-order valence-corrected chi connectivity index (χ2v) is 5.64. The zero-order chi connectivity index (χ0) is 17.1. The predicted molar refractivity (Wildman–Crippen MR) is 69.0 cm³/mol. The smallest absolute Gasteiger partial charge is 0.353 e. The van der Waals surface area contributed by atoms with E-state index in [-0.39, 0.29) is 11.9 Å². The molecule has 124 valence electrons. The molecule has 0 aromatic carbocycles. The molecule has 0 bridgehead atoms. The highest BCUT2D eigenvalue weighted by Crippen LogP contribution is 2.20. The molecule has 22 heavy (non-hydrogen) atoms. The minimum Gasteiger partial charge on any atom is -0.353 e. The van der Waals surface area contributed by atoms with E-state index < -0.39 is 15.6 Å². The van der Waals surface area contributed by atoms with Crippen molar-refractivity contribution in [1.82, 2.24) is 19.8 Å². The first-order valence-corrected chi connectivity index (χ1v) is 7.08. The number of carbonyl (C=O) groups is 1. The van der Waals surface area contributed by atoms with E-state index in [1.54, 1.807) is 12.4 Å². The third kappa shape index (κ3) is 4.21. The van der Waals surface area contributed by atoms with Crippen LogP contribution in [0.2, 0.25) is 0 Å². The van der Waals surface area contributed by atoms with Gasteiger partial charge in [-0.15, -0.1) is 0 Å². The molecule has 1 aliphatic rings. The van der Waals surface area contributed by atoms with Crippen molar-refractivity contribution in [3.8, 4) is 0 Å². The lowest BCUT2D eigenvalue weighted by atomic mass is 10.2. The number of hydrogen-bond donors (Lipinski definition) is 2. The fourth-order valence-corrected chi connectivity index (χ4v) is 1.55. The normalized spacial score (nSPS) is 15.7. The molecular formula is C10H13F3N4O4S. The first kappa shape index (κ1) is 18.0. The summed E-state index contributed by atoms with van der Waals surface area (Å²) in [6.07, 6.45) is 6.68. The maximum atomic E-state index is 11.9. The van der Waals surface area contributed by atoms with Gasteiger partial charge in [-0.25, -0.2) is 4.98 Å². The number of nitrogens with zero attached hydrogens (tertiary/aromatic N) is 3. The van der Waals surface area contributed by atoms with Crippen molar-refractivity contribution in [1.29, 1.82) is 0 Å². The molecule has 2 heterocycles. The molecule has 1 aromatic heterocycles. The molecule has 0 unspecified atom stereocenters. The molecule has 0 amide bonds. The molecule has 12 heteroatoms. The Morgan fingerprint density at radius 3 is 2.09 bits per heavy atom. The number of ketones is 1. The van der Waals surface area contributed by atoms with Gasteiger partial charge in [-0.05, 0) is 0 Å². The number of imidazole rings is 1. The molecular weight excluding hydrogens is 329 g/mol. The van der Waals surface area contributed by atoms with E-state index in [4.69, 9.17) is 13.0 Å². The number of alkyl halides is 3. The number of H-pyrrole nitrogens is 1. The summed E-state index contributed by atoms with van der Waals surface area (Å²) in [5.41, 5.74) is -5.53. The number of Topliss-reactive ketones (excluding diaryl/α,β-unsaturated/α-hetero) is 1. The van der Waals surface area contributed by atoms with Gasteiger partial charge in [0.2, 0.25) is 5.78 Å². The number of aromatic nitrogens is 2. The highest BCUT2D eigenvalue weighted by atomic mass is 32.2. The van der Waals surface area contributed by atoms with E-state index in [2.05, 4.69) is 9.97 Å². The van der Waals surface area contributed by atoms with Crippen LogP contribution in [0.15, 0.2) is 24.8 Å². The van der Waals surface area contributed by atoms with Crippen molar-refractivity contribution in [3.05, 3.63) is 30.6 Å². The van der Waals surface area contributed by atoms with Crippen LogP contribution in [-0.2, 0) is 10.1 Å². The second kappa shape index (κ2) is 6.36. The molecule has 2 N–H and O–H groups in total. The molecule has 0 aliphatic carbocycles. The van der Waals surface area contributed by atoms with Gasteiger partial charge in [-0.1, -0.05) is 0 Å². The van der Waals surface area contributed by atoms with Gasteiger partial charge < -0.3 is 14.8 Å². The Morgan fingerprint density at radius 1 is 1.32 bits per heavy atom. The number of rotatable bonds is 2. The molecule has 0 saturated heterocycles. The average molecular weight is 342 g/mol. The molecule has 2 rings (SSSR count). The van der Waals surface area contributed by atoms with Gasteiger partial charge in [-0.3, -0.25) is 9.35 Å². The van der Waals surface area contributed by atoms with Crippen LogP contribution < -0.4 is 0 Å². The lowest BCUT2D eigenvalue weighted by molar-refractivity contribution is -0.0510. The van der Waals surface area contributed by atoms with E-state index >= 15 is 0 Å². The summed E-state index contributed by atoms with van der Waals surface area (Å²) in [6, 6.07) is 0. The fraction of sp³-hybridized carbons (Fsp3) is 0.400. The molecule has 0 atom stereocenters. The second-order valence-electron chi connectivity index (χ2n) is 4.23. The number of carbonyl (C=O) groups excluding carboxylic acids is 1. The van der Waals surface area contributed by atoms with E-state index in [9.17, 15) is 18.0 Å². The molecule has 0 spiro atoms. The van der Waals surface area contributed by atoms with Gasteiger partial charge in [0.25, 0.3) is 0 Å². The van der Waals surface area contributed by atoms with E-state index in [0.717, 1.165) is 0 Å². The third-order valence-electron chi connectivity index (χ3n) is 2.57. The van der Waals surface area contributed by atoms with Gasteiger partial charge in [-0.2, -0.15) is 21.6 Å². The summed E-state index contributed by atoms with van der Waals surface area (Å²) >= 11 is 0. The van der Waals surface area contributed by atoms with Crippen LogP contribution >= 0.6 is 0 Å². The predicted octanol–water partition coefficient (Wildman–Crippen LogP) is 0.661. The number of hydrogen-bond acceptors (Lipinski definition) is 6. The Kier molecular flexibility index (Phi) is 5.19. The summed E-state index contributed by atoms with van der Waals surface area (Å²) in [4.78, 5) is 22.4. The van der Waals surface area contributed by atoms with Gasteiger partial charge in [0, 0.05) is 38.9 Å². The van der Waals surface area contributed by atoms with Crippen molar-refractivity contribution >= 4 is 15.9 Å². The van der Waals surface area contributed by atoms with Crippen molar-refractivity contribution in [3.63, 3.8) is 0 Å². The molecule has 8 nitrogen and oxygen atoms in total. The first-order valence-electron chi connectivity index (χ1n) is 5.64. The van der Waals surface area contributed by atoms with E-state index in [1.165, 1.54) is 0 Å². The summed E-state index contributed by atoms with van der Waals surface area (Å²) in [6.45, 7) is 0. The maximum Gasteiger partial charge on any atom is 0.522 e. The maximum absolute atomic E-state index is 11.9. The highest BCUT2D eigenvalue weighted by molar-refractivity contribution is 7.86. The van der Waals surface area contributed by atoms with E-state index in [1.807, 2.05) is 36.3 Å². The van der Waals surface area contributed by atoms with Gasteiger partial charge >= 0.3 is 15.6 Å². The number of likely N-dealkylation sites (N-methyl/N-ethyl adjacent to an activating group) is 2. The molecule has 0 fully saturated rings. The van der Waals surface area contributed by atoms with E-state index in [0.29, 0.717) is 5.82 Å². The SMILES string of the molecule is CN1C=CN(C)C1C(=O)c1ncc[nH]1.O=S(=O)(O)C(F)(F)F. The van der Waals surface area contributed by atoms with Crippen LogP contribution in [0.4, 0.5) is 13.2 Å². The zero-order valence-electron chi connectivity index (χ0n) is 11.4. The summed E-state index contributed by atoms with van der Waals surface area (Å²) in [7, 11) is -2.11. The quantitative estimate of drug-likeness (QED) is 0.462. The van der Waals surface area contributed by atoms with Crippen LogP contribution in [0, 0.1) is 0 Å². The van der Waals surface area contributed by atoms with Crippen LogP contribution in [0.5, 0.6) is 0 Å². The molecule has 0 saturated carbocycles. The minimum absolute atomic E-state index is 0.0231. The van der Waals surface area contributed by atoms with Crippen LogP contribution in [-0.4, -0.2) is 64.3 Å². The number of halogens is 3. The topological polar surface area (TPSA) is 107 Å². The van der Waals surface area contributed by atoms with Gasteiger partial charge in [0.05, 0.1) is 0 Å².